The first-order valence-corrected chi connectivity index (χ1v) is 8.48. The van der Waals surface area contributed by atoms with Crippen LogP contribution in [0.4, 0.5) is 0 Å². The molecular formula is C14H15BrN2O2S. The molecule has 1 N–H and O–H groups in total. The zero-order chi connectivity index (χ0) is 14.6. The Morgan fingerprint density at radius 3 is 2.55 bits per heavy atom. The third-order valence-electron chi connectivity index (χ3n) is 2.90. The molecule has 0 aliphatic rings. The molecule has 0 aliphatic heterocycles. The monoisotopic (exact) mass is 354 g/mol. The van der Waals surface area contributed by atoms with Gasteiger partial charge in [0, 0.05) is 22.9 Å². The Kier molecular flexibility index (Phi) is 4.91. The summed E-state index contributed by atoms with van der Waals surface area (Å²) in [6, 6.07) is 10.8. The van der Waals surface area contributed by atoms with Crippen LogP contribution in [0.3, 0.4) is 0 Å². The molecule has 6 heteroatoms. The summed E-state index contributed by atoms with van der Waals surface area (Å²) in [5.41, 5.74) is 0.946. The van der Waals surface area contributed by atoms with Gasteiger partial charge < -0.3 is 0 Å². The number of pyridine rings is 1. The fourth-order valence-corrected chi connectivity index (χ4v) is 3.68. The molecule has 1 aromatic heterocycles. The summed E-state index contributed by atoms with van der Waals surface area (Å²) in [4.78, 5) is 4.04. The van der Waals surface area contributed by atoms with Gasteiger partial charge in [-0.3, -0.25) is 4.98 Å². The average molecular weight is 355 g/mol. The van der Waals surface area contributed by atoms with Gasteiger partial charge in [-0.1, -0.05) is 37.3 Å². The van der Waals surface area contributed by atoms with E-state index in [4.69, 9.17) is 0 Å². The number of benzene rings is 1. The van der Waals surface area contributed by atoms with Crippen LogP contribution in [0.2, 0.25) is 0 Å². The van der Waals surface area contributed by atoms with E-state index in [0.29, 0.717) is 10.9 Å². The van der Waals surface area contributed by atoms with Crippen molar-refractivity contribution in [2.45, 2.75) is 24.3 Å². The Hall–Kier alpha value is -1.24. The van der Waals surface area contributed by atoms with Crippen LogP contribution in [0, 0.1) is 0 Å². The number of aromatic nitrogens is 1. The lowest BCUT2D eigenvalue weighted by molar-refractivity contribution is 0.549. The first-order valence-electron chi connectivity index (χ1n) is 6.21. The lowest BCUT2D eigenvalue weighted by atomic mass is 10.1. The van der Waals surface area contributed by atoms with E-state index in [9.17, 15) is 8.42 Å². The highest BCUT2D eigenvalue weighted by atomic mass is 79.9. The number of sulfonamides is 1. The van der Waals surface area contributed by atoms with Crippen LogP contribution in [-0.4, -0.2) is 13.4 Å². The number of nitrogens with zero attached hydrogens (tertiary/aromatic N) is 1. The number of nitrogens with one attached hydrogen (secondary N) is 1. The maximum Gasteiger partial charge on any atom is 0.242 e. The summed E-state index contributed by atoms with van der Waals surface area (Å²) < 4.78 is 28.1. The Bertz CT molecular complexity index is 675. The van der Waals surface area contributed by atoms with Crippen LogP contribution in [0.15, 0.2) is 58.2 Å². The third kappa shape index (κ3) is 3.65. The molecular weight excluding hydrogens is 340 g/mol. The fourth-order valence-electron chi connectivity index (χ4n) is 1.87. The molecule has 0 fully saturated rings. The van der Waals surface area contributed by atoms with Crippen molar-refractivity contribution in [3.8, 4) is 0 Å². The van der Waals surface area contributed by atoms with E-state index in [1.54, 1.807) is 6.20 Å². The highest BCUT2D eigenvalue weighted by Crippen LogP contribution is 2.21. The highest BCUT2D eigenvalue weighted by Gasteiger charge is 2.20. The smallest absolute Gasteiger partial charge is 0.242 e. The van der Waals surface area contributed by atoms with Gasteiger partial charge in [0.1, 0.15) is 4.90 Å². The van der Waals surface area contributed by atoms with Gasteiger partial charge in [0.25, 0.3) is 0 Å². The molecule has 0 spiro atoms. The molecule has 1 unspecified atom stereocenters. The minimum Gasteiger partial charge on any atom is -0.262 e. The van der Waals surface area contributed by atoms with E-state index in [2.05, 4.69) is 25.6 Å². The molecule has 2 rings (SSSR count). The summed E-state index contributed by atoms with van der Waals surface area (Å²) in [7, 11) is -3.58. The van der Waals surface area contributed by atoms with Gasteiger partial charge in [0.15, 0.2) is 0 Å². The number of hydrogen-bond donors (Lipinski definition) is 1. The van der Waals surface area contributed by atoms with Gasteiger partial charge in [0.05, 0.1) is 0 Å². The fraction of sp³-hybridized carbons (Fsp3) is 0.214. The molecule has 0 saturated carbocycles. The highest BCUT2D eigenvalue weighted by molar-refractivity contribution is 9.10. The second-order valence-corrected chi connectivity index (χ2v) is 6.96. The Morgan fingerprint density at radius 2 is 1.95 bits per heavy atom. The molecule has 1 atom stereocenters. The summed E-state index contributed by atoms with van der Waals surface area (Å²) in [5.74, 6) is 0. The van der Waals surface area contributed by atoms with Crippen LogP contribution in [0.1, 0.15) is 24.9 Å². The van der Waals surface area contributed by atoms with Crippen molar-refractivity contribution in [1.29, 1.82) is 0 Å². The Labute approximate surface area is 127 Å². The molecule has 0 radical (unpaired) electrons. The molecule has 0 saturated heterocycles. The van der Waals surface area contributed by atoms with E-state index in [1.807, 2.05) is 37.3 Å². The number of halogens is 1. The normalized spacial score (nSPS) is 13.1. The summed E-state index contributed by atoms with van der Waals surface area (Å²) in [5, 5.41) is 0. The van der Waals surface area contributed by atoms with Gasteiger partial charge in [-0.15, -0.1) is 0 Å². The number of rotatable bonds is 5. The van der Waals surface area contributed by atoms with Gasteiger partial charge in [-0.05, 0) is 34.0 Å². The topological polar surface area (TPSA) is 59.1 Å². The largest absolute Gasteiger partial charge is 0.262 e. The molecule has 106 valence electrons. The van der Waals surface area contributed by atoms with Gasteiger partial charge in [0.2, 0.25) is 10.0 Å². The molecule has 4 nitrogen and oxygen atoms in total. The predicted octanol–water partition coefficient (Wildman–Crippen LogP) is 3.27. The predicted molar refractivity (Wildman–Crippen MR) is 81.7 cm³/mol. The molecule has 1 aromatic carbocycles. The summed E-state index contributed by atoms with van der Waals surface area (Å²) in [6.07, 6.45) is 3.56. The van der Waals surface area contributed by atoms with Crippen molar-refractivity contribution >= 4 is 26.0 Å². The van der Waals surface area contributed by atoms with Crippen LogP contribution in [-0.2, 0) is 10.0 Å². The van der Waals surface area contributed by atoms with Gasteiger partial charge in [-0.2, -0.15) is 0 Å². The third-order valence-corrected chi connectivity index (χ3v) is 4.77. The number of hydrogen-bond acceptors (Lipinski definition) is 3. The zero-order valence-electron chi connectivity index (χ0n) is 11.0. The van der Waals surface area contributed by atoms with E-state index >= 15 is 0 Å². The second-order valence-electron chi connectivity index (χ2n) is 4.33. The molecule has 20 heavy (non-hydrogen) atoms. The minimum absolute atomic E-state index is 0.154. The molecule has 0 bridgehead atoms. The zero-order valence-corrected chi connectivity index (χ0v) is 13.4. The van der Waals surface area contributed by atoms with Crippen molar-refractivity contribution in [1.82, 2.24) is 9.71 Å². The Morgan fingerprint density at radius 1 is 1.25 bits per heavy atom. The molecule has 0 aliphatic carbocycles. The van der Waals surface area contributed by atoms with Crippen LogP contribution < -0.4 is 4.72 Å². The second kappa shape index (κ2) is 6.47. The van der Waals surface area contributed by atoms with Gasteiger partial charge >= 0.3 is 0 Å². The van der Waals surface area contributed by atoms with Crippen molar-refractivity contribution in [2.24, 2.45) is 0 Å². The van der Waals surface area contributed by atoms with E-state index < -0.39 is 10.0 Å². The van der Waals surface area contributed by atoms with Crippen molar-refractivity contribution in [3.63, 3.8) is 0 Å². The molecule has 2 aromatic rings. The maximum absolute atomic E-state index is 12.4. The van der Waals surface area contributed by atoms with Gasteiger partial charge in [-0.25, -0.2) is 13.1 Å². The van der Waals surface area contributed by atoms with Crippen LogP contribution in [0.25, 0.3) is 0 Å². The summed E-state index contributed by atoms with van der Waals surface area (Å²) in [6.45, 7) is 1.94. The van der Waals surface area contributed by atoms with Crippen LogP contribution >= 0.6 is 15.9 Å². The Balaban J connectivity index is 2.27. The quantitative estimate of drug-likeness (QED) is 0.896. The maximum atomic E-state index is 12.4. The van der Waals surface area contributed by atoms with Crippen molar-refractivity contribution in [2.75, 3.05) is 0 Å². The summed E-state index contributed by atoms with van der Waals surface area (Å²) >= 11 is 3.23. The van der Waals surface area contributed by atoms with Crippen LogP contribution in [0.5, 0.6) is 0 Å². The SMILES string of the molecule is CCC(NS(=O)(=O)c1cncc(Br)c1)c1ccccc1. The standard InChI is InChI=1S/C14H15BrN2O2S/c1-2-14(11-6-4-3-5-7-11)17-20(18,19)13-8-12(15)9-16-10-13/h3-10,14,17H,2H2,1H3. The van der Waals surface area contributed by atoms with E-state index in [-0.39, 0.29) is 10.9 Å². The first kappa shape index (κ1) is 15.2. The minimum atomic E-state index is -3.58. The van der Waals surface area contributed by atoms with Crippen molar-refractivity contribution < 1.29 is 8.42 Å². The molecule has 0 amide bonds. The lowest BCUT2D eigenvalue weighted by Crippen LogP contribution is -2.28. The molecule has 1 heterocycles. The van der Waals surface area contributed by atoms with Crippen molar-refractivity contribution in [3.05, 3.63) is 58.8 Å². The van der Waals surface area contributed by atoms with E-state index in [1.165, 1.54) is 12.3 Å². The lowest BCUT2D eigenvalue weighted by Gasteiger charge is -2.17. The first-order chi connectivity index (χ1) is 9.53. The average Bonchev–Trinajstić information content (AvgIpc) is 2.46. The van der Waals surface area contributed by atoms with E-state index in [0.717, 1.165) is 5.56 Å².